The van der Waals surface area contributed by atoms with E-state index in [1.165, 1.54) is 6.08 Å². The van der Waals surface area contributed by atoms with E-state index >= 15 is 0 Å². The number of nitriles is 1. The van der Waals surface area contributed by atoms with Crippen molar-refractivity contribution in [3.8, 4) is 11.8 Å². The number of halogens is 2. The van der Waals surface area contributed by atoms with Crippen molar-refractivity contribution in [2.75, 3.05) is 17.2 Å². The van der Waals surface area contributed by atoms with Crippen LogP contribution in [0.4, 0.5) is 11.4 Å². The van der Waals surface area contributed by atoms with Gasteiger partial charge in [-0.2, -0.15) is 5.26 Å². The van der Waals surface area contributed by atoms with E-state index in [1.54, 1.807) is 18.2 Å². The van der Waals surface area contributed by atoms with Crippen LogP contribution in [-0.4, -0.2) is 18.4 Å². The SMILES string of the molecule is Cc1ccc(NC(=O)COc2c(Br)cc(/C=C(\C#N)C(=O)Nc3cccc(C)c3)cc2Br)cc1. The summed E-state index contributed by atoms with van der Waals surface area (Å²) in [6, 6.07) is 20.1. The molecular formula is C26H21Br2N3O3. The van der Waals surface area contributed by atoms with Crippen LogP contribution in [-0.2, 0) is 9.59 Å². The molecule has 0 saturated heterocycles. The molecule has 0 aliphatic carbocycles. The first kappa shape index (κ1) is 25.2. The largest absolute Gasteiger partial charge is 0.481 e. The highest BCUT2D eigenvalue weighted by Crippen LogP contribution is 2.35. The first-order valence-electron chi connectivity index (χ1n) is 10.2. The lowest BCUT2D eigenvalue weighted by molar-refractivity contribution is -0.118. The molecule has 6 nitrogen and oxygen atoms in total. The maximum atomic E-state index is 12.5. The Morgan fingerprint density at radius 1 is 0.941 bits per heavy atom. The molecular weight excluding hydrogens is 562 g/mol. The maximum absolute atomic E-state index is 12.5. The third-order valence-electron chi connectivity index (χ3n) is 4.66. The fourth-order valence-corrected chi connectivity index (χ4v) is 4.46. The molecule has 0 aliphatic heterocycles. The molecule has 0 spiro atoms. The van der Waals surface area contributed by atoms with Gasteiger partial charge >= 0.3 is 0 Å². The highest BCUT2D eigenvalue weighted by atomic mass is 79.9. The van der Waals surface area contributed by atoms with Gasteiger partial charge in [0.25, 0.3) is 11.8 Å². The number of benzene rings is 3. The smallest absolute Gasteiger partial charge is 0.266 e. The normalized spacial score (nSPS) is 10.9. The number of ether oxygens (including phenoxy) is 1. The van der Waals surface area contributed by atoms with Crippen molar-refractivity contribution in [3.63, 3.8) is 0 Å². The second-order valence-electron chi connectivity index (χ2n) is 7.51. The molecule has 0 fully saturated rings. The number of amides is 2. The Bertz CT molecular complexity index is 1270. The van der Waals surface area contributed by atoms with Crippen LogP contribution in [0.3, 0.4) is 0 Å². The third kappa shape index (κ3) is 7.04. The van der Waals surface area contributed by atoms with Gasteiger partial charge in [0.15, 0.2) is 6.61 Å². The Morgan fingerprint density at radius 3 is 2.24 bits per heavy atom. The second-order valence-corrected chi connectivity index (χ2v) is 9.22. The summed E-state index contributed by atoms with van der Waals surface area (Å²) >= 11 is 6.87. The van der Waals surface area contributed by atoms with Crippen molar-refractivity contribution < 1.29 is 14.3 Å². The molecule has 0 radical (unpaired) electrons. The predicted octanol–water partition coefficient (Wildman–Crippen LogP) is 6.39. The Hall–Kier alpha value is -3.41. The minimum atomic E-state index is -0.506. The number of nitrogens with zero attached hydrogens (tertiary/aromatic N) is 1. The number of aryl methyl sites for hydroxylation is 2. The molecule has 2 N–H and O–H groups in total. The average Bonchev–Trinajstić information content (AvgIpc) is 2.78. The van der Waals surface area contributed by atoms with Crippen LogP contribution < -0.4 is 15.4 Å². The monoisotopic (exact) mass is 581 g/mol. The lowest BCUT2D eigenvalue weighted by Gasteiger charge is -2.12. The van der Waals surface area contributed by atoms with Crippen LogP contribution >= 0.6 is 31.9 Å². The standard InChI is InChI=1S/C26H21Br2N3O3/c1-16-6-8-20(9-7-16)30-24(32)15-34-25-22(27)12-18(13-23(25)28)11-19(14-29)26(33)31-21-5-3-4-17(2)10-21/h3-13H,15H2,1-2H3,(H,30,32)(H,31,33)/b19-11+. The van der Waals surface area contributed by atoms with Gasteiger partial charge in [0, 0.05) is 11.4 Å². The Kier molecular flexibility index (Phi) is 8.63. The summed E-state index contributed by atoms with van der Waals surface area (Å²) in [4.78, 5) is 24.8. The van der Waals surface area contributed by atoms with E-state index in [9.17, 15) is 14.9 Å². The number of hydrogen-bond acceptors (Lipinski definition) is 4. The van der Waals surface area contributed by atoms with Crippen LogP contribution in [0.1, 0.15) is 16.7 Å². The van der Waals surface area contributed by atoms with E-state index in [-0.39, 0.29) is 18.1 Å². The maximum Gasteiger partial charge on any atom is 0.266 e. The molecule has 3 aromatic rings. The Morgan fingerprint density at radius 2 is 1.62 bits per heavy atom. The topological polar surface area (TPSA) is 91.2 Å². The molecule has 0 saturated carbocycles. The summed E-state index contributed by atoms with van der Waals surface area (Å²) in [6.07, 6.45) is 1.48. The van der Waals surface area contributed by atoms with Gasteiger partial charge < -0.3 is 15.4 Å². The van der Waals surface area contributed by atoms with Crippen molar-refractivity contribution >= 4 is 61.1 Å². The van der Waals surface area contributed by atoms with Crippen molar-refractivity contribution in [2.45, 2.75) is 13.8 Å². The fraction of sp³-hybridized carbons (Fsp3) is 0.115. The predicted molar refractivity (Wildman–Crippen MR) is 141 cm³/mol. The highest BCUT2D eigenvalue weighted by Gasteiger charge is 2.14. The summed E-state index contributed by atoms with van der Waals surface area (Å²) in [5.74, 6) is -0.376. The van der Waals surface area contributed by atoms with Gasteiger partial charge in [0.05, 0.1) is 8.95 Å². The van der Waals surface area contributed by atoms with E-state index in [0.717, 1.165) is 11.1 Å². The summed E-state index contributed by atoms with van der Waals surface area (Å²) in [6.45, 7) is 3.70. The lowest BCUT2D eigenvalue weighted by atomic mass is 10.1. The number of rotatable bonds is 7. The van der Waals surface area contributed by atoms with Crippen molar-refractivity contribution in [2.24, 2.45) is 0 Å². The van der Waals surface area contributed by atoms with Crippen molar-refractivity contribution in [1.82, 2.24) is 0 Å². The van der Waals surface area contributed by atoms with Gasteiger partial charge in [-0.25, -0.2) is 0 Å². The molecule has 0 aliphatic rings. The molecule has 2 amide bonds. The summed E-state index contributed by atoms with van der Waals surface area (Å²) in [5.41, 5.74) is 3.95. The first-order chi connectivity index (χ1) is 16.2. The first-order valence-corrected chi connectivity index (χ1v) is 11.8. The van der Waals surface area contributed by atoms with E-state index in [4.69, 9.17) is 4.74 Å². The molecule has 0 unspecified atom stereocenters. The van der Waals surface area contributed by atoms with E-state index in [0.29, 0.717) is 31.6 Å². The fourth-order valence-electron chi connectivity index (χ4n) is 3.01. The van der Waals surface area contributed by atoms with Gasteiger partial charge in [-0.05, 0) is 99.3 Å². The zero-order valence-electron chi connectivity index (χ0n) is 18.5. The number of nitrogens with one attached hydrogen (secondary N) is 2. The molecule has 3 aromatic carbocycles. The zero-order valence-corrected chi connectivity index (χ0v) is 21.7. The Balaban J connectivity index is 1.69. The van der Waals surface area contributed by atoms with Crippen molar-refractivity contribution in [3.05, 3.63) is 91.9 Å². The van der Waals surface area contributed by atoms with Gasteiger partial charge in [0.1, 0.15) is 17.4 Å². The second kappa shape index (κ2) is 11.6. The Labute approximate surface area is 214 Å². The van der Waals surface area contributed by atoms with Crippen LogP contribution in [0.2, 0.25) is 0 Å². The number of carbonyl (C=O) groups is 2. The highest BCUT2D eigenvalue weighted by molar-refractivity contribution is 9.11. The van der Waals surface area contributed by atoms with Gasteiger partial charge in [0.2, 0.25) is 0 Å². The molecule has 0 atom stereocenters. The van der Waals surface area contributed by atoms with Crippen LogP contribution in [0.5, 0.6) is 5.75 Å². The molecule has 172 valence electrons. The van der Waals surface area contributed by atoms with Crippen LogP contribution in [0.15, 0.2) is 75.2 Å². The zero-order chi connectivity index (χ0) is 24.7. The molecule has 3 rings (SSSR count). The number of anilines is 2. The molecule has 34 heavy (non-hydrogen) atoms. The minimum Gasteiger partial charge on any atom is -0.481 e. The molecule has 0 heterocycles. The van der Waals surface area contributed by atoms with Crippen LogP contribution in [0.25, 0.3) is 6.08 Å². The van der Waals surface area contributed by atoms with Crippen molar-refractivity contribution in [1.29, 1.82) is 5.26 Å². The summed E-state index contributed by atoms with van der Waals surface area (Å²) in [5, 5.41) is 15.0. The molecule has 0 bridgehead atoms. The quantitative estimate of drug-likeness (QED) is 0.249. The van der Waals surface area contributed by atoms with Gasteiger partial charge in [-0.15, -0.1) is 0 Å². The number of hydrogen-bond donors (Lipinski definition) is 2. The minimum absolute atomic E-state index is 0.0496. The summed E-state index contributed by atoms with van der Waals surface area (Å²) < 4.78 is 6.80. The summed E-state index contributed by atoms with van der Waals surface area (Å²) in [7, 11) is 0. The van der Waals surface area contributed by atoms with E-state index in [2.05, 4.69) is 42.5 Å². The molecule has 8 heteroatoms. The molecule has 0 aromatic heterocycles. The average molecular weight is 583 g/mol. The van der Waals surface area contributed by atoms with Gasteiger partial charge in [-0.1, -0.05) is 29.8 Å². The van der Waals surface area contributed by atoms with E-state index in [1.807, 2.05) is 62.4 Å². The van der Waals surface area contributed by atoms with Gasteiger partial charge in [-0.3, -0.25) is 9.59 Å². The van der Waals surface area contributed by atoms with E-state index < -0.39 is 5.91 Å². The van der Waals surface area contributed by atoms with Crippen LogP contribution in [0, 0.1) is 25.2 Å². The third-order valence-corrected chi connectivity index (χ3v) is 5.83. The lowest BCUT2D eigenvalue weighted by Crippen LogP contribution is -2.20. The number of carbonyl (C=O) groups excluding carboxylic acids is 2.